The van der Waals surface area contributed by atoms with Gasteiger partial charge in [0, 0.05) is 35.8 Å². The van der Waals surface area contributed by atoms with Gasteiger partial charge in [-0.15, -0.1) is 11.3 Å². The third-order valence-electron chi connectivity index (χ3n) is 5.21. The topological polar surface area (TPSA) is 58.1 Å². The molecule has 0 radical (unpaired) electrons. The summed E-state index contributed by atoms with van der Waals surface area (Å²) in [4.78, 5) is 24.1. The predicted octanol–water partition coefficient (Wildman–Crippen LogP) is 2.88. The van der Waals surface area contributed by atoms with Crippen molar-refractivity contribution < 1.29 is 4.79 Å². The molecule has 2 aliphatic rings. The number of aryl methyl sites for hydroxylation is 1. The van der Waals surface area contributed by atoms with Gasteiger partial charge >= 0.3 is 0 Å². The lowest BCUT2D eigenvalue weighted by atomic mass is 9.65. The zero-order valence-electron chi connectivity index (χ0n) is 13.9. The quantitative estimate of drug-likeness (QED) is 0.928. The molecule has 1 N–H and O–H groups in total. The van der Waals surface area contributed by atoms with Crippen molar-refractivity contribution in [3.63, 3.8) is 0 Å². The first kappa shape index (κ1) is 15.6. The molecule has 2 aromatic rings. The smallest absolute Gasteiger partial charge is 0.227 e. The van der Waals surface area contributed by atoms with Crippen molar-refractivity contribution in [1.29, 1.82) is 0 Å². The first-order valence-corrected chi connectivity index (χ1v) is 9.35. The minimum Gasteiger partial charge on any atom is -0.367 e. The molecule has 1 aliphatic carbocycles. The summed E-state index contributed by atoms with van der Waals surface area (Å²) in [6.45, 7) is 3.80. The first-order valence-electron chi connectivity index (χ1n) is 8.47. The third kappa shape index (κ3) is 3.15. The Morgan fingerprint density at radius 2 is 2.33 bits per heavy atom. The van der Waals surface area contributed by atoms with Crippen molar-refractivity contribution in [2.24, 2.45) is 5.41 Å². The Bertz CT molecular complexity index is 724. The summed E-state index contributed by atoms with van der Waals surface area (Å²) in [6.07, 6.45) is 5.53. The minimum absolute atomic E-state index is 0.275. The zero-order chi connectivity index (χ0) is 16.6. The summed E-state index contributed by atoms with van der Waals surface area (Å²) >= 11 is 1.66. The highest BCUT2D eigenvalue weighted by atomic mass is 32.1. The zero-order valence-corrected chi connectivity index (χ0v) is 14.7. The van der Waals surface area contributed by atoms with E-state index in [1.807, 2.05) is 30.5 Å². The Morgan fingerprint density at radius 3 is 3.08 bits per heavy atom. The standard InChI is InChI=1S/C18H22N4OS/c1-13-7-16(20-12-19-13)21-14-9-18(10-14)4-5-22(11-18)17(23)8-15-3-2-6-24-15/h2-3,6-7,12,14H,4-5,8-11H2,1H3,(H,19,20,21). The molecule has 126 valence electrons. The maximum atomic E-state index is 12.5. The van der Waals surface area contributed by atoms with Crippen LogP contribution in [0, 0.1) is 12.3 Å². The van der Waals surface area contributed by atoms with E-state index in [4.69, 9.17) is 0 Å². The Morgan fingerprint density at radius 1 is 1.46 bits per heavy atom. The van der Waals surface area contributed by atoms with Crippen molar-refractivity contribution in [2.75, 3.05) is 18.4 Å². The van der Waals surface area contributed by atoms with E-state index >= 15 is 0 Å². The van der Waals surface area contributed by atoms with Crippen LogP contribution in [-0.2, 0) is 11.2 Å². The van der Waals surface area contributed by atoms with E-state index in [9.17, 15) is 4.79 Å². The number of likely N-dealkylation sites (tertiary alicyclic amines) is 1. The largest absolute Gasteiger partial charge is 0.367 e. The number of amides is 1. The molecule has 24 heavy (non-hydrogen) atoms. The molecule has 0 bridgehead atoms. The third-order valence-corrected chi connectivity index (χ3v) is 6.09. The van der Waals surface area contributed by atoms with Crippen molar-refractivity contribution >= 4 is 23.1 Å². The molecule has 4 rings (SSSR count). The second-order valence-electron chi connectivity index (χ2n) is 7.12. The summed E-state index contributed by atoms with van der Waals surface area (Å²) in [5, 5.41) is 5.53. The molecule has 1 aliphatic heterocycles. The minimum atomic E-state index is 0.275. The lowest BCUT2D eigenvalue weighted by Crippen LogP contribution is -2.47. The molecule has 6 heteroatoms. The number of hydrogen-bond donors (Lipinski definition) is 1. The number of nitrogens with one attached hydrogen (secondary N) is 1. The number of nitrogens with zero attached hydrogens (tertiary/aromatic N) is 3. The van der Waals surface area contributed by atoms with Gasteiger partial charge in [0.2, 0.25) is 5.91 Å². The fraction of sp³-hybridized carbons (Fsp3) is 0.500. The van der Waals surface area contributed by atoms with Gasteiger partial charge in [-0.05, 0) is 43.0 Å². The monoisotopic (exact) mass is 342 g/mol. The number of thiophene rings is 1. The van der Waals surface area contributed by atoms with Gasteiger partial charge < -0.3 is 10.2 Å². The van der Waals surface area contributed by atoms with Crippen LogP contribution in [0.3, 0.4) is 0 Å². The molecule has 0 unspecified atom stereocenters. The average molecular weight is 342 g/mol. The highest BCUT2D eigenvalue weighted by molar-refractivity contribution is 7.10. The number of aromatic nitrogens is 2. The molecular formula is C18H22N4OS. The van der Waals surface area contributed by atoms with Crippen molar-refractivity contribution in [1.82, 2.24) is 14.9 Å². The van der Waals surface area contributed by atoms with E-state index in [2.05, 4.69) is 20.2 Å². The molecule has 0 aromatic carbocycles. The van der Waals surface area contributed by atoms with E-state index < -0.39 is 0 Å². The lowest BCUT2D eigenvalue weighted by Gasteiger charge is -2.45. The van der Waals surface area contributed by atoms with Gasteiger partial charge in [0.25, 0.3) is 0 Å². The molecule has 1 saturated heterocycles. The van der Waals surface area contributed by atoms with E-state index in [1.54, 1.807) is 17.7 Å². The summed E-state index contributed by atoms with van der Waals surface area (Å²) in [5.41, 5.74) is 1.30. The Labute approximate surface area is 146 Å². The summed E-state index contributed by atoms with van der Waals surface area (Å²) in [5.74, 6) is 1.18. The van der Waals surface area contributed by atoms with Crippen molar-refractivity contribution in [3.8, 4) is 0 Å². The summed E-state index contributed by atoms with van der Waals surface area (Å²) in [6, 6.07) is 6.50. The van der Waals surface area contributed by atoms with Crippen LogP contribution >= 0.6 is 11.3 Å². The van der Waals surface area contributed by atoms with Crippen LogP contribution < -0.4 is 5.32 Å². The van der Waals surface area contributed by atoms with Gasteiger partial charge in [-0.3, -0.25) is 4.79 Å². The first-order chi connectivity index (χ1) is 11.6. The van der Waals surface area contributed by atoms with E-state index in [0.717, 1.165) is 48.7 Å². The molecule has 2 fully saturated rings. The molecule has 2 aromatic heterocycles. The molecule has 1 spiro atoms. The maximum Gasteiger partial charge on any atom is 0.227 e. The molecule has 0 atom stereocenters. The van der Waals surface area contributed by atoms with Gasteiger partial charge in [0.15, 0.2) is 0 Å². The average Bonchev–Trinajstić information content (AvgIpc) is 3.16. The Balaban J connectivity index is 1.29. The maximum absolute atomic E-state index is 12.5. The number of carbonyl (C=O) groups is 1. The van der Waals surface area contributed by atoms with E-state index in [0.29, 0.717) is 17.9 Å². The molecule has 3 heterocycles. The molecular weight excluding hydrogens is 320 g/mol. The Kier molecular flexibility index (Phi) is 4.00. The van der Waals surface area contributed by atoms with Crippen LogP contribution in [0.5, 0.6) is 0 Å². The van der Waals surface area contributed by atoms with Crippen LogP contribution in [0.4, 0.5) is 5.82 Å². The molecule has 5 nitrogen and oxygen atoms in total. The Hall–Kier alpha value is -1.95. The van der Waals surface area contributed by atoms with Crippen LogP contribution in [-0.4, -0.2) is 39.9 Å². The van der Waals surface area contributed by atoms with Gasteiger partial charge in [-0.2, -0.15) is 0 Å². The van der Waals surface area contributed by atoms with Crippen molar-refractivity contribution in [2.45, 2.75) is 38.6 Å². The van der Waals surface area contributed by atoms with Gasteiger partial charge in [0.1, 0.15) is 12.1 Å². The summed E-state index contributed by atoms with van der Waals surface area (Å²) < 4.78 is 0. The second-order valence-corrected chi connectivity index (χ2v) is 8.15. The number of carbonyl (C=O) groups excluding carboxylic acids is 1. The van der Waals surface area contributed by atoms with Crippen molar-refractivity contribution in [3.05, 3.63) is 40.5 Å². The normalized spacial score (nSPS) is 25.7. The molecule has 1 amide bonds. The lowest BCUT2D eigenvalue weighted by molar-refractivity contribution is -0.130. The SMILES string of the molecule is Cc1cc(NC2CC3(CCN(C(=O)Cc4cccs4)C3)C2)ncn1. The highest BCUT2D eigenvalue weighted by Crippen LogP contribution is 2.49. The van der Waals surface area contributed by atoms with E-state index in [1.165, 1.54) is 0 Å². The summed E-state index contributed by atoms with van der Waals surface area (Å²) in [7, 11) is 0. The van der Waals surface area contributed by atoms with Gasteiger partial charge in [-0.1, -0.05) is 6.07 Å². The number of anilines is 1. The number of rotatable bonds is 4. The van der Waals surface area contributed by atoms with Crippen LogP contribution in [0.1, 0.15) is 29.8 Å². The highest BCUT2D eigenvalue weighted by Gasteiger charge is 2.49. The van der Waals surface area contributed by atoms with Crippen LogP contribution in [0.2, 0.25) is 0 Å². The predicted molar refractivity (Wildman–Crippen MR) is 95.1 cm³/mol. The molecule has 1 saturated carbocycles. The van der Waals surface area contributed by atoms with E-state index in [-0.39, 0.29) is 5.91 Å². The van der Waals surface area contributed by atoms with Gasteiger partial charge in [0.05, 0.1) is 6.42 Å². The fourth-order valence-corrected chi connectivity index (χ4v) is 4.68. The van der Waals surface area contributed by atoms with Gasteiger partial charge in [-0.25, -0.2) is 9.97 Å². The fourth-order valence-electron chi connectivity index (χ4n) is 3.99. The number of hydrogen-bond acceptors (Lipinski definition) is 5. The van der Waals surface area contributed by atoms with Crippen LogP contribution in [0.25, 0.3) is 0 Å². The van der Waals surface area contributed by atoms with Crippen LogP contribution in [0.15, 0.2) is 29.9 Å². The second kappa shape index (κ2) is 6.16.